The fourth-order valence-electron chi connectivity index (χ4n) is 1.68. The van der Waals surface area contributed by atoms with Crippen molar-refractivity contribution in [1.29, 1.82) is 0 Å². The van der Waals surface area contributed by atoms with Gasteiger partial charge in [-0.05, 0) is 23.6 Å². The van der Waals surface area contributed by atoms with Gasteiger partial charge in [0, 0.05) is 13.3 Å². The quantitative estimate of drug-likeness (QED) is 0.741. The highest BCUT2D eigenvalue weighted by molar-refractivity contribution is 5.94. The second-order valence-corrected chi connectivity index (χ2v) is 3.47. The molecule has 84 valence electrons. The van der Waals surface area contributed by atoms with Crippen molar-refractivity contribution in [2.24, 2.45) is 0 Å². The maximum Gasteiger partial charge on any atom is 0.337 e. The van der Waals surface area contributed by atoms with Gasteiger partial charge in [-0.2, -0.15) is 0 Å². The number of carbonyl (C=O) groups excluding carboxylic acids is 1. The number of ether oxygens (including phenoxy) is 2. The van der Waals surface area contributed by atoms with Crippen molar-refractivity contribution in [2.75, 3.05) is 14.2 Å². The first-order valence-corrected chi connectivity index (χ1v) is 4.92. The number of hydrogen-bond donors (Lipinski definition) is 0. The number of aromatic nitrogens is 1. The van der Waals surface area contributed by atoms with Gasteiger partial charge < -0.3 is 14.0 Å². The summed E-state index contributed by atoms with van der Waals surface area (Å²) in [6.07, 6.45) is 1.93. The van der Waals surface area contributed by atoms with Crippen molar-refractivity contribution < 1.29 is 14.3 Å². The smallest absolute Gasteiger partial charge is 0.337 e. The number of rotatable bonds is 3. The van der Waals surface area contributed by atoms with Gasteiger partial charge in [-0.15, -0.1) is 0 Å². The van der Waals surface area contributed by atoms with E-state index >= 15 is 0 Å². The lowest BCUT2D eigenvalue weighted by molar-refractivity contribution is 0.0601. The zero-order valence-electron chi connectivity index (χ0n) is 9.27. The number of esters is 1. The first-order valence-electron chi connectivity index (χ1n) is 4.92. The minimum atomic E-state index is -0.327. The Morgan fingerprint density at radius 2 is 2.12 bits per heavy atom. The van der Waals surface area contributed by atoms with Crippen LogP contribution in [0.2, 0.25) is 0 Å². The third-order valence-corrected chi connectivity index (χ3v) is 2.46. The van der Waals surface area contributed by atoms with Crippen molar-refractivity contribution in [3.63, 3.8) is 0 Å². The van der Waals surface area contributed by atoms with E-state index in [-0.39, 0.29) is 5.97 Å². The maximum absolute atomic E-state index is 11.4. The highest BCUT2D eigenvalue weighted by Crippen LogP contribution is 2.18. The van der Waals surface area contributed by atoms with E-state index in [9.17, 15) is 4.79 Å². The minimum Gasteiger partial charge on any atom is -0.465 e. The molecular weight excluding hydrogens is 206 g/mol. The Balaban J connectivity index is 2.49. The molecule has 2 rings (SSSR count). The van der Waals surface area contributed by atoms with Crippen LogP contribution >= 0.6 is 0 Å². The van der Waals surface area contributed by atoms with E-state index in [2.05, 4.69) is 4.74 Å². The summed E-state index contributed by atoms with van der Waals surface area (Å²) in [7, 11) is 3.01. The Morgan fingerprint density at radius 1 is 1.31 bits per heavy atom. The molecule has 4 heteroatoms. The second-order valence-electron chi connectivity index (χ2n) is 3.47. The fourth-order valence-corrected chi connectivity index (χ4v) is 1.68. The van der Waals surface area contributed by atoms with Gasteiger partial charge in [-0.3, -0.25) is 0 Å². The first kappa shape index (κ1) is 10.7. The molecule has 0 unspecified atom stereocenters. The molecule has 0 aliphatic carbocycles. The Hall–Kier alpha value is -1.81. The van der Waals surface area contributed by atoms with E-state index in [1.165, 1.54) is 7.11 Å². The number of carbonyl (C=O) groups is 1. The highest BCUT2D eigenvalue weighted by atomic mass is 16.5. The standard InChI is InChI=1S/C12H13NO3/c1-15-8-13-6-5-9-3-4-10(7-11(9)13)12(14)16-2/h3-7H,8H2,1-2H3. The predicted octanol–water partition coefficient (Wildman–Crippen LogP) is 2.03. The normalized spacial score (nSPS) is 10.6. The number of hydrogen-bond acceptors (Lipinski definition) is 3. The lowest BCUT2D eigenvalue weighted by Crippen LogP contribution is -2.02. The Kier molecular flexibility index (Phi) is 2.92. The van der Waals surface area contributed by atoms with Gasteiger partial charge in [0.15, 0.2) is 0 Å². The van der Waals surface area contributed by atoms with E-state index in [4.69, 9.17) is 4.74 Å². The molecule has 0 saturated carbocycles. The van der Waals surface area contributed by atoms with Crippen molar-refractivity contribution in [3.8, 4) is 0 Å². The molecule has 0 radical (unpaired) electrons. The van der Waals surface area contributed by atoms with Crippen molar-refractivity contribution >= 4 is 16.9 Å². The summed E-state index contributed by atoms with van der Waals surface area (Å²) >= 11 is 0. The minimum absolute atomic E-state index is 0.327. The average molecular weight is 219 g/mol. The van der Waals surface area contributed by atoms with Crippen molar-refractivity contribution in [2.45, 2.75) is 6.73 Å². The molecule has 0 aliphatic rings. The van der Waals surface area contributed by atoms with Crippen LogP contribution in [0.3, 0.4) is 0 Å². The number of methoxy groups -OCH3 is 2. The van der Waals surface area contributed by atoms with Crippen LogP contribution in [0.15, 0.2) is 30.5 Å². The Morgan fingerprint density at radius 3 is 2.81 bits per heavy atom. The van der Waals surface area contributed by atoms with Crippen LogP contribution in [-0.2, 0) is 16.2 Å². The van der Waals surface area contributed by atoms with E-state index in [0.29, 0.717) is 12.3 Å². The van der Waals surface area contributed by atoms with Gasteiger partial charge in [0.2, 0.25) is 0 Å². The van der Waals surface area contributed by atoms with E-state index < -0.39 is 0 Å². The average Bonchev–Trinajstić information content (AvgIpc) is 2.71. The molecular formula is C12H13NO3. The molecule has 2 aromatic rings. The highest BCUT2D eigenvalue weighted by Gasteiger charge is 2.08. The van der Waals surface area contributed by atoms with Gasteiger partial charge >= 0.3 is 5.97 Å². The molecule has 4 nitrogen and oxygen atoms in total. The second kappa shape index (κ2) is 4.37. The van der Waals surface area contributed by atoms with E-state index in [1.807, 2.05) is 22.9 Å². The molecule has 0 saturated heterocycles. The van der Waals surface area contributed by atoms with Crippen molar-refractivity contribution in [3.05, 3.63) is 36.0 Å². The Bertz CT molecular complexity index is 516. The zero-order chi connectivity index (χ0) is 11.5. The molecule has 0 atom stereocenters. The van der Waals surface area contributed by atoms with Crippen LogP contribution in [0.5, 0.6) is 0 Å². The van der Waals surface area contributed by atoms with Gasteiger partial charge in [-0.1, -0.05) is 6.07 Å². The lowest BCUT2D eigenvalue weighted by Gasteiger charge is -2.04. The maximum atomic E-state index is 11.4. The first-order chi connectivity index (χ1) is 7.76. The van der Waals surface area contributed by atoms with E-state index in [1.54, 1.807) is 19.2 Å². The predicted molar refractivity (Wildman–Crippen MR) is 60.3 cm³/mol. The molecule has 0 bridgehead atoms. The summed E-state index contributed by atoms with van der Waals surface area (Å²) in [5.41, 5.74) is 1.51. The summed E-state index contributed by atoms with van der Waals surface area (Å²) in [5, 5.41) is 1.07. The third kappa shape index (κ3) is 1.79. The molecule has 0 spiro atoms. The van der Waals surface area contributed by atoms with Crippen LogP contribution in [0.25, 0.3) is 10.9 Å². The summed E-state index contributed by atoms with van der Waals surface area (Å²) in [6, 6.07) is 7.44. The summed E-state index contributed by atoms with van der Waals surface area (Å²) in [4.78, 5) is 11.4. The summed E-state index contributed by atoms with van der Waals surface area (Å²) in [6.45, 7) is 0.466. The molecule has 1 aromatic heterocycles. The molecule has 1 heterocycles. The van der Waals surface area contributed by atoms with Crippen LogP contribution in [0.1, 0.15) is 10.4 Å². The molecule has 1 aromatic carbocycles. The molecule has 0 amide bonds. The fraction of sp³-hybridized carbons (Fsp3) is 0.250. The molecule has 0 aliphatic heterocycles. The largest absolute Gasteiger partial charge is 0.465 e. The van der Waals surface area contributed by atoms with Gasteiger partial charge in [0.25, 0.3) is 0 Å². The van der Waals surface area contributed by atoms with Crippen molar-refractivity contribution in [1.82, 2.24) is 4.57 Å². The summed E-state index contributed by atoms with van der Waals surface area (Å²) < 4.78 is 11.7. The third-order valence-electron chi connectivity index (χ3n) is 2.46. The zero-order valence-corrected chi connectivity index (χ0v) is 9.27. The number of benzene rings is 1. The van der Waals surface area contributed by atoms with Crippen LogP contribution in [0.4, 0.5) is 0 Å². The molecule has 0 fully saturated rings. The van der Waals surface area contributed by atoms with Gasteiger partial charge in [-0.25, -0.2) is 4.79 Å². The van der Waals surface area contributed by atoms with Crippen LogP contribution in [0, 0.1) is 0 Å². The summed E-state index contributed by atoms with van der Waals surface area (Å²) in [5.74, 6) is -0.327. The topological polar surface area (TPSA) is 40.5 Å². The van der Waals surface area contributed by atoms with Gasteiger partial charge in [0.05, 0.1) is 18.2 Å². The Labute approximate surface area is 93.4 Å². The number of nitrogens with zero attached hydrogens (tertiary/aromatic N) is 1. The molecule has 16 heavy (non-hydrogen) atoms. The van der Waals surface area contributed by atoms with Gasteiger partial charge in [0.1, 0.15) is 6.73 Å². The van der Waals surface area contributed by atoms with Crippen LogP contribution < -0.4 is 0 Å². The molecule has 0 N–H and O–H groups in total. The number of fused-ring (bicyclic) bond motifs is 1. The van der Waals surface area contributed by atoms with E-state index in [0.717, 1.165) is 10.9 Å². The lowest BCUT2D eigenvalue weighted by atomic mass is 10.2. The monoisotopic (exact) mass is 219 g/mol. The SMILES string of the molecule is COCn1ccc2ccc(C(=O)OC)cc21. The van der Waals surface area contributed by atoms with Crippen LogP contribution in [-0.4, -0.2) is 24.8 Å².